The fourth-order valence-corrected chi connectivity index (χ4v) is 5.93. The van der Waals surface area contributed by atoms with Crippen LogP contribution in [0.3, 0.4) is 0 Å². The summed E-state index contributed by atoms with van der Waals surface area (Å²) in [7, 11) is -3.21. The summed E-state index contributed by atoms with van der Waals surface area (Å²) in [5.74, 6) is -1.37. The van der Waals surface area contributed by atoms with Gasteiger partial charge in [0.1, 0.15) is 5.82 Å². The van der Waals surface area contributed by atoms with E-state index in [1.807, 2.05) is 4.90 Å². The maximum absolute atomic E-state index is 13.3. The minimum absolute atomic E-state index is 0.0518. The molecule has 3 rings (SSSR count). The number of amides is 2. The van der Waals surface area contributed by atoms with Gasteiger partial charge in [0.25, 0.3) is 5.91 Å². The number of hydrogen-bond acceptors (Lipinski definition) is 6. The van der Waals surface area contributed by atoms with Crippen LogP contribution in [-0.2, 0) is 14.6 Å². The topological polar surface area (TPSA) is 107 Å². The normalized spacial score (nSPS) is 24.4. The van der Waals surface area contributed by atoms with Crippen molar-refractivity contribution in [3.63, 3.8) is 0 Å². The number of halogens is 2. The molecule has 8 nitrogen and oxygen atoms in total. The molecule has 2 N–H and O–H groups in total. The first-order valence-corrected chi connectivity index (χ1v) is 11.9. The molecule has 1 aromatic carbocycles. The molecule has 0 spiro atoms. The summed E-state index contributed by atoms with van der Waals surface area (Å²) in [6.45, 7) is 1.98. The van der Waals surface area contributed by atoms with Gasteiger partial charge in [-0.05, 0) is 34.1 Å². The Kier molecular flexibility index (Phi) is 6.92. The first-order valence-electron chi connectivity index (χ1n) is 9.30. The van der Waals surface area contributed by atoms with Gasteiger partial charge in [0, 0.05) is 43.6 Å². The van der Waals surface area contributed by atoms with Gasteiger partial charge in [-0.2, -0.15) is 0 Å². The van der Waals surface area contributed by atoms with E-state index in [0.717, 1.165) is 6.07 Å². The molecule has 2 aliphatic heterocycles. The van der Waals surface area contributed by atoms with Crippen LogP contribution in [0.5, 0.6) is 0 Å². The number of nitrogens with zero attached hydrogens (tertiary/aromatic N) is 2. The maximum atomic E-state index is 13.3. The third-order valence-corrected chi connectivity index (χ3v) is 7.62. The fourth-order valence-electron chi connectivity index (χ4n) is 3.67. The number of hydrogen-bond donors (Lipinski definition) is 2. The number of aliphatic hydroxyl groups excluding tert-OH is 1. The van der Waals surface area contributed by atoms with Crippen molar-refractivity contribution in [3.05, 3.63) is 34.1 Å². The van der Waals surface area contributed by atoms with Crippen molar-refractivity contribution < 1.29 is 27.5 Å². The predicted molar refractivity (Wildman–Crippen MR) is 108 cm³/mol. The number of carbonyl (C=O) groups excluding carboxylic acids is 2. The molecule has 2 aliphatic rings. The molecule has 0 bridgehead atoms. The Labute approximate surface area is 177 Å². The van der Waals surface area contributed by atoms with Crippen LogP contribution in [0, 0.1) is 5.82 Å². The lowest BCUT2D eigenvalue weighted by molar-refractivity contribution is -0.133. The summed E-state index contributed by atoms with van der Waals surface area (Å²) in [5, 5.41) is 12.6. The van der Waals surface area contributed by atoms with Crippen LogP contribution in [0.1, 0.15) is 16.8 Å². The number of nitrogens with one attached hydrogen (secondary N) is 1. The standard InChI is InChI=1S/C18H23BrFN3O5S/c19-14-2-1-12(20)9-13(14)18(26)21-4-3-17(25)23-7-5-22(6-8-23)15-10-29(27,28)11-16(15)24/h1-2,9,15-16,24H,3-8,10-11H2,(H,21,26)/t15-,16-/m0/s1. The first kappa shape index (κ1) is 22.1. The Balaban J connectivity index is 1.43. The molecule has 160 valence electrons. The molecular formula is C18H23BrFN3O5S. The average Bonchev–Trinajstić information content (AvgIpc) is 2.96. The molecule has 0 aliphatic carbocycles. The summed E-state index contributed by atoms with van der Waals surface area (Å²) < 4.78 is 37.1. The highest BCUT2D eigenvalue weighted by Crippen LogP contribution is 2.20. The van der Waals surface area contributed by atoms with E-state index in [4.69, 9.17) is 0 Å². The summed E-state index contributed by atoms with van der Waals surface area (Å²) >= 11 is 3.20. The Morgan fingerprint density at radius 1 is 1.21 bits per heavy atom. The molecule has 2 saturated heterocycles. The van der Waals surface area contributed by atoms with Gasteiger partial charge >= 0.3 is 0 Å². The lowest BCUT2D eigenvalue weighted by Gasteiger charge is -2.38. The minimum atomic E-state index is -3.21. The van der Waals surface area contributed by atoms with Crippen molar-refractivity contribution in [2.24, 2.45) is 0 Å². The largest absolute Gasteiger partial charge is 0.390 e. The van der Waals surface area contributed by atoms with Crippen LogP contribution in [-0.4, -0.2) is 91.5 Å². The van der Waals surface area contributed by atoms with Crippen LogP contribution in [0.25, 0.3) is 0 Å². The molecule has 0 radical (unpaired) electrons. The van der Waals surface area contributed by atoms with Crippen molar-refractivity contribution in [1.82, 2.24) is 15.1 Å². The predicted octanol–water partition coefficient (Wildman–Crippen LogP) is 0.0102. The van der Waals surface area contributed by atoms with Crippen LogP contribution in [0.15, 0.2) is 22.7 Å². The van der Waals surface area contributed by atoms with Crippen LogP contribution in [0.2, 0.25) is 0 Å². The lowest BCUT2D eigenvalue weighted by atomic mass is 10.1. The Bertz CT molecular complexity index is 889. The highest BCUT2D eigenvalue weighted by Gasteiger charge is 2.41. The Morgan fingerprint density at radius 3 is 2.52 bits per heavy atom. The second kappa shape index (κ2) is 9.07. The van der Waals surface area contributed by atoms with Crippen molar-refractivity contribution in [2.75, 3.05) is 44.2 Å². The van der Waals surface area contributed by atoms with E-state index in [9.17, 15) is 27.5 Å². The fraction of sp³-hybridized carbons (Fsp3) is 0.556. The molecule has 1 aromatic rings. The molecule has 2 amide bonds. The second-order valence-corrected chi connectivity index (χ2v) is 10.3. The van der Waals surface area contributed by atoms with Gasteiger partial charge in [-0.3, -0.25) is 14.5 Å². The molecule has 2 heterocycles. The van der Waals surface area contributed by atoms with Crippen LogP contribution in [0.4, 0.5) is 4.39 Å². The summed E-state index contributed by atoms with van der Waals surface area (Å²) in [4.78, 5) is 28.1. The SMILES string of the molecule is O=C(NCCC(=O)N1CCN([C@H]2CS(=O)(=O)C[C@@H]2O)CC1)c1cc(F)ccc1Br. The number of aliphatic hydroxyl groups is 1. The van der Waals surface area contributed by atoms with Gasteiger partial charge in [0.15, 0.2) is 9.84 Å². The quantitative estimate of drug-likeness (QED) is 0.600. The van der Waals surface area contributed by atoms with Crippen LogP contribution < -0.4 is 5.32 Å². The van der Waals surface area contributed by atoms with E-state index < -0.39 is 33.7 Å². The third-order valence-electron chi connectivity index (χ3n) is 5.23. The number of piperazine rings is 1. The highest BCUT2D eigenvalue weighted by molar-refractivity contribution is 9.10. The van der Waals surface area contributed by atoms with E-state index in [1.165, 1.54) is 12.1 Å². The Morgan fingerprint density at radius 2 is 1.90 bits per heavy atom. The molecule has 11 heteroatoms. The average molecular weight is 492 g/mol. The van der Waals surface area contributed by atoms with E-state index in [-0.39, 0.29) is 35.9 Å². The van der Waals surface area contributed by atoms with Crippen LogP contribution >= 0.6 is 15.9 Å². The summed E-state index contributed by atoms with van der Waals surface area (Å²) in [6, 6.07) is 3.39. The molecule has 2 atom stereocenters. The summed E-state index contributed by atoms with van der Waals surface area (Å²) in [6.07, 6.45) is -0.779. The number of benzene rings is 1. The van der Waals surface area contributed by atoms with Crippen molar-refractivity contribution in [3.8, 4) is 0 Å². The molecule has 2 fully saturated rings. The molecule has 0 aromatic heterocycles. The van der Waals surface area contributed by atoms with Gasteiger partial charge in [0.05, 0.1) is 29.2 Å². The van der Waals surface area contributed by atoms with Gasteiger partial charge in [-0.1, -0.05) is 0 Å². The monoisotopic (exact) mass is 491 g/mol. The number of rotatable bonds is 5. The smallest absolute Gasteiger partial charge is 0.252 e. The van der Waals surface area contributed by atoms with Gasteiger partial charge < -0.3 is 15.3 Å². The minimum Gasteiger partial charge on any atom is -0.390 e. The zero-order chi connectivity index (χ0) is 21.2. The maximum Gasteiger partial charge on any atom is 0.252 e. The van der Waals surface area contributed by atoms with E-state index in [0.29, 0.717) is 30.7 Å². The molecule has 0 saturated carbocycles. The first-order chi connectivity index (χ1) is 13.7. The highest BCUT2D eigenvalue weighted by atomic mass is 79.9. The van der Waals surface area contributed by atoms with Crippen molar-refractivity contribution in [1.29, 1.82) is 0 Å². The summed E-state index contributed by atoms with van der Waals surface area (Å²) in [5.41, 5.74) is 0.163. The zero-order valence-corrected chi connectivity index (χ0v) is 18.1. The lowest BCUT2D eigenvalue weighted by Crippen LogP contribution is -2.55. The molecular weight excluding hydrogens is 469 g/mol. The van der Waals surface area contributed by atoms with E-state index in [2.05, 4.69) is 21.2 Å². The Hall–Kier alpha value is -1.56. The van der Waals surface area contributed by atoms with Crippen molar-refractivity contribution in [2.45, 2.75) is 18.6 Å². The third kappa shape index (κ3) is 5.53. The molecule has 29 heavy (non-hydrogen) atoms. The van der Waals surface area contributed by atoms with Crippen molar-refractivity contribution >= 4 is 37.6 Å². The van der Waals surface area contributed by atoms with Gasteiger partial charge in [-0.15, -0.1) is 0 Å². The van der Waals surface area contributed by atoms with E-state index in [1.54, 1.807) is 4.90 Å². The molecule has 0 unspecified atom stereocenters. The number of carbonyl (C=O) groups is 2. The zero-order valence-electron chi connectivity index (χ0n) is 15.7. The number of sulfone groups is 1. The van der Waals surface area contributed by atoms with E-state index >= 15 is 0 Å². The van der Waals surface area contributed by atoms with Gasteiger partial charge in [-0.25, -0.2) is 12.8 Å². The second-order valence-electron chi connectivity index (χ2n) is 7.26. The van der Waals surface area contributed by atoms with Gasteiger partial charge in [0.2, 0.25) is 5.91 Å².